The van der Waals surface area contributed by atoms with Crippen molar-refractivity contribution in [2.45, 2.75) is 45.2 Å². The summed E-state index contributed by atoms with van der Waals surface area (Å²) in [7, 11) is 2.09. The summed E-state index contributed by atoms with van der Waals surface area (Å²) in [5.41, 5.74) is 8.62. The van der Waals surface area contributed by atoms with Crippen molar-refractivity contribution < 1.29 is 4.39 Å². The van der Waals surface area contributed by atoms with Crippen molar-refractivity contribution in [3.8, 4) is 0 Å². The van der Waals surface area contributed by atoms with Crippen LogP contribution in [-0.4, -0.2) is 13.1 Å². The monoisotopic (exact) mass is 236 g/mol. The molecule has 1 aliphatic rings. The Balaban J connectivity index is 2.39. The first-order valence-corrected chi connectivity index (χ1v) is 6.29. The van der Waals surface area contributed by atoms with Crippen LogP contribution >= 0.6 is 0 Å². The maximum atomic E-state index is 13.6. The summed E-state index contributed by atoms with van der Waals surface area (Å²) in [6, 6.07) is 3.97. The summed E-state index contributed by atoms with van der Waals surface area (Å²) >= 11 is 0. The fourth-order valence-electron chi connectivity index (χ4n) is 2.32. The highest BCUT2D eigenvalue weighted by Gasteiger charge is 2.25. The molecule has 2 nitrogen and oxygen atoms in total. The van der Waals surface area contributed by atoms with Crippen molar-refractivity contribution in [3.63, 3.8) is 0 Å². The van der Waals surface area contributed by atoms with Crippen LogP contribution < -0.4 is 10.6 Å². The van der Waals surface area contributed by atoms with Gasteiger partial charge in [-0.25, -0.2) is 4.39 Å². The second kappa shape index (κ2) is 4.65. The molecule has 0 heterocycles. The summed E-state index contributed by atoms with van der Waals surface area (Å²) in [5, 5.41) is 0. The zero-order valence-corrected chi connectivity index (χ0v) is 10.8. The summed E-state index contributed by atoms with van der Waals surface area (Å²) in [4.78, 5) is 2.26. The summed E-state index contributed by atoms with van der Waals surface area (Å²) in [5.74, 6) is -0.164. The molecular weight excluding hydrogens is 215 g/mol. The maximum Gasteiger partial charge on any atom is 0.126 e. The highest BCUT2D eigenvalue weighted by atomic mass is 19.1. The van der Waals surface area contributed by atoms with E-state index >= 15 is 0 Å². The summed E-state index contributed by atoms with van der Waals surface area (Å²) in [6.45, 7) is 3.71. The van der Waals surface area contributed by atoms with Gasteiger partial charge in [0.05, 0.1) is 0 Å². The molecule has 0 unspecified atom stereocenters. The molecule has 0 aromatic heterocycles. The van der Waals surface area contributed by atoms with Crippen LogP contribution in [0.1, 0.15) is 43.4 Å². The Morgan fingerprint density at radius 1 is 1.41 bits per heavy atom. The standard InChI is InChI=1S/C14H21FN2/c1-9-7-14(17(3)11-5-4-6-11)12(10(2)16)8-13(9)15/h7-8,10-11H,4-6,16H2,1-3H3/t10-/m0/s1. The molecular formula is C14H21FN2. The molecule has 1 fully saturated rings. The molecule has 2 N–H and O–H groups in total. The topological polar surface area (TPSA) is 29.3 Å². The predicted molar refractivity (Wildman–Crippen MR) is 69.8 cm³/mol. The van der Waals surface area contributed by atoms with Crippen LogP contribution in [0.25, 0.3) is 0 Å². The minimum atomic E-state index is -0.164. The van der Waals surface area contributed by atoms with Crippen LogP contribution in [0, 0.1) is 12.7 Å². The van der Waals surface area contributed by atoms with Crippen LogP contribution in [0.15, 0.2) is 12.1 Å². The SMILES string of the molecule is Cc1cc(N(C)C2CCC2)c([C@H](C)N)cc1F. The zero-order chi connectivity index (χ0) is 12.6. The van der Waals surface area contributed by atoms with Gasteiger partial charge in [0.2, 0.25) is 0 Å². The fraction of sp³-hybridized carbons (Fsp3) is 0.571. The van der Waals surface area contributed by atoms with Crippen LogP contribution in [0.5, 0.6) is 0 Å². The number of aryl methyl sites for hydroxylation is 1. The van der Waals surface area contributed by atoms with Crippen molar-refractivity contribution in [1.82, 2.24) is 0 Å². The highest BCUT2D eigenvalue weighted by molar-refractivity contribution is 5.57. The Morgan fingerprint density at radius 2 is 2.06 bits per heavy atom. The van der Waals surface area contributed by atoms with E-state index in [4.69, 9.17) is 5.73 Å². The number of anilines is 1. The Morgan fingerprint density at radius 3 is 2.53 bits per heavy atom. The lowest BCUT2D eigenvalue weighted by molar-refractivity contribution is 0.400. The van der Waals surface area contributed by atoms with Crippen molar-refractivity contribution in [2.75, 3.05) is 11.9 Å². The van der Waals surface area contributed by atoms with E-state index in [-0.39, 0.29) is 11.9 Å². The van der Waals surface area contributed by atoms with Crippen LogP contribution in [0.4, 0.5) is 10.1 Å². The minimum absolute atomic E-state index is 0.136. The number of nitrogens with two attached hydrogens (primary N) is 1. The second-order valence-electron chi connectivity index (χ2n) is 5.14. The summed E-state index contributed by atoms with van der Waals surface area (Å²) in [6.07, 6.45) is 3.75. The molecule has 0 radical (unpaired) electrons. The van der Waals surface area contributed by atoms with Gasteiger partial charge >= 0.3 is 0 Å². The lowest BCUT2D eigenvalue weighted by Crippen LogP contribution is -2.38. The van der Waals surface area contributed by atoms with Gasteiger partial charge in [0, 0.05) is 24.8 Å². The quantitative estimate of drug-likeness (QED) is 0.873. The largest absolute Gasteiger partial charge is 0.371 e. The van der Waals surface area contributed by atoms with Crippen molar-refractivity contribution in [1.29, 1.82) is 0 Å². The molecule has 1 saturated carbocycles. The van der Waals surface area contributed by atoms with Gasteiger partial charge in [0.15, 0.2) is 0 Å². The molecule has 94 valence electrons. The van der Waals surface area contributed by atoms with Crippen LogP contribution in [0.2, 0.25) is 0 Å². The zero-order valence-electron chi connectivity index (χ0n) is 10.8. The predicted octanol–water partition coefficient (Wildman–Crippen LogP) is 3.14. The Bertz CT molecular complexity index is 411. The fourth-order valence-corrected chi connectivity index (χ4v) is 2.32. The molecule has 0 bridgehead atoms. The average molecular weight is 236 g/mol. The van der Waals surface area contributed by atoms with Gasteiger partial charge in [-0.05, 0) is 56.4 Å². The minimum Gasteiger partial charge on any atom is -0.371 e. The first-order chi connectivity index (χ1) is 8.00. The molecule has 1 aliphatic carbocycles. The molecule has 1 aromatic carbocycles. The van der Waals surface area contributed by atoms with Gasteiger partial charge in [-0.2, -0.15) is 0 Å². The molecule has 2 rings (SSSR count). The third-order valence-corrected chi connectivity index (χ3v) is 3.80. The van der Waals surface area contributed by atoms with Gasteiger partial charge in [0.1, 0.15) is 5.82 Å². The molecule has 1 aromatic rings. The van der Waals surface area contributed by atoms with E-state index in [9.17, 15) is 4.39 Å². The number of benzene rings is 1. The van der Waals surface area contributed by atoms with E-state index in [1.165, 1.54) is 19.3 Å². The van der Waals surface area contributed by atoms with Crippen LogP contribution in [-0.2, 0) is 0 Å². The number of hydrogen-bond donors (Lipinski definition) is 1. The molecule has 17 heavy (non-hydrogen) atoms. The smallest absolute Gasteiger partial charge is 0.126 e. The Kier molecular flexibility index (Phi) is 3.38. The Hall–Kier alpha value is -1.09. The lowest BCUT2D eigenvalue weighted by atomic mass is 9.90. The number of rotatable bonds is 3. The number of halogens is 1. The first kappa shape index (κ1) is 12.4. The second-order valence-corrected chi connectivity index (χ2v) is 5.14. The molecule has 0 spiro atoms. The van der Waals surface area contributed by atoms with Crippen molar-refractivity contribution in [2.24, 2.45) is 5.73 Å². The van der Waals surface area contributed by atoms with E-state index in [0.717, 1.165) is 11.3 Å². The third-order valence-electron chi connectivity index (χ3n) is 3.80. The lowest BCUT2D eigenvalue weighted by Gasteiger charge is -2.38. The molecule has 0 aliphatic heterocycles. The normalized spacial score (nSPS) is 17.7. The van der Waals surface area contributed by atoms with E-state index in [2.05, 4.69) is 11.9 Å². The van der Waals surface area contributed by atoms with E-state index < -0.39 is 0 Å². The first-order valence-electron chi connectivity index (χ1n) is 6.29. The van der Waals surface area contributed by atoms with E-state index in [1.54, 1.807) is 13.0 Å². The maximum absolute atomic E-state index is 13.6. The van der Waals surface area contributed by atoms with Gasteiger partial charge < -0.3 is 10.6 Å². The number of nitrogens with zero attached hydrogens (tertiary/aromatic N) is 1. The van der Waals surface area contributed by atoms with Gasteiger partial charge in [-0.3, -0.25) is 0 Å². The van der Waals surface area contributed by atoms with Gasteiger partial charge in [-0.15, -0.1) is 0 Å². The summed E-state index contributed by atoms with van der Waals surface area (Å²) < 4.78 is 13.6. The molecule has 1 atom stereocenters. The van der Waals surface area contributed by atoms with Crippen molar-refractivity contribution in [3.05, 3.63) is 29.1 Å². The Labute approximate surface area is 103 Å². The van der Waals surface area contributed by atoms with E-state index in [1.807, 2.05) is 13.0 Å². The van der Waals surface area contributed by atoms with Crippen LogP contribution in [0.3, 0.4) is 0 Å². The van der Waals surface area contributed by atoms with Gasteiger partial charge in [0.25, 0.3) is 0 Å². The van der Waals surface area contributed by atoms with Gasteiger partial charge in [-0.1, -0.05) is 0 Å². The van der Waals surface area contributed by atoms with Crippen molar-refractivity contribution >= 4 is 5.69 Å². The third kappa shape index (κ3) is 2.29. The molecule has 0 saturated heterocycles. The number of hydrogen-bond acceptors (Lipinski definition) is 2. The molecule has 3 heteroatoms. The van der Waals surface area contributed by atoms with E-state index in [0.29, 0.717) is 11.6 Å². The highest BCUT2D eigenvalue weighted by Crippen LogP contribution is 2.33. The molecule has 0 amide bonds. The average Bonchev–Trinajstić information content (AvgIpc) is 2.18.